The maximum Gasteiger partial charge on any atom is 0.0960 e. The molecular weight excluding hydrogens is 484 g/mol. The number of hydrogen-bond acceptors (Lipinski definition) is 4. The van der Waals surface area contributed by atoms with E-state index in [1.165, 1.54) is 5.56 Å². The Morgan fingerprint density at radius 1 is 0.974 bits per heavy atom. The van der Waals surface area contributed by atoms with Crippen molar-refractivity contribution in [3.8, 4) is 11.3 Å². The Hall–Kier alpha value is -3.48. The number of aryl methyl sites for hydroxylation is 2. The Balaban J connectivity index is 1.53. The van der Waals surface area contributed by atoms with Crippen LogP contribution in [0.15, 0.2) is 67.1 Å². The summed E-state index contributed by atoms with van der Waals surface area (Å²) < 4.78 is 10.4. The molecule has 1 N–H and O–H groups in total. The molecular formula is C33H36N4O2. The molecule has 1 saturated carbocycles. The van der Waals surface area contributed by atoms with Crippen molar-refractivity contribution in [2.24, 2.45) is 18.9 Å². The normalized spacial score (nSPS) is 19.0. The van der Waals surface area contributed by atoms with E-state index < -0.39 is 5.60 Å². The van der Waals surface area contributed by atoms with Crippen LogP contribution in [0.25, 0.3) is 33.2 Å². The van der Waals surface area contributed by atoms with Gasteiger partial charge in [-0.15, -0.1) is 0 Å². The highest BCUT2D eigenvalue weighted by Crippen LogP contribution is 2.47. The molecule has 1 aliphatic heterocycles. The lowest BCUT2D eigenvalue weighted by molar-refractivity contribution is 0.0332. The Bertz CT molecular complexity index is 1640. The summed E-state index contributed by atoms with van der Waals surface area (Å²) in [6.07, 6.45) is 8.03. The van der Waals surface area contributed by atoms with Crippen LogP contribution in [-0.2, 0) is 17.4 Å². The van der Waals surface area contributed by atoms with Gasteiger partial charge in [0.05, 0.1) is 45.9 Å². The molecule has 5 aromatic rings. The predicted octanol–water partition coefficient (Wildman–Crippen LogP) is 6.53. The fourth-order valence-corrected chi connectivity index (χ4v) is 6.80. The molecule has 2 aromatic carbocycles. The smallest absolute Gasteiger partial charge is 0.0960 e. The second kappa shape index (κ2) is 9.32. The van der Waals surface area contributed by atoms with Gasteiger partial charge in [-0.2, -0.15) is 0 Å². The largest absolute Gasteiger partial charge is 0.385 e. The van der Waals surface area contributed by atoms with Gasteiger partial charge in [0.25, 0.3) is 0 Å². The second-order valence-electron chi connectivity index (χ2n) is 11.7. The summed E-state index contributed by atoms with van der Waals surface area (Å²) >= 11 is 0. The van der Waals surface area contributed by atoms with Crippen LogP contribution in [0.3, 0.4) is 0 Å². The monoisotopic (exact) mass is 520 g/mol. The average Bonchev–Trinajstić information content (AvgIpc) is 3.71. The number of rotatable bonds is 6. The lowest BCUT2D eigenvalue weighted by atomic mass is 9.86. The number of nitrogens with zero attached hydrogens (tertiary/aromatic N) is 4. The molecule has 0 unspecified atom stereocenters. The maximum absolute atomic E-state index is 11.5. The molecule has 1 aliphatic carbocycles. The molecule has 3 aromatic heterocycles. The van der Waals surface area contributed by atoms with Crippen LogP contribution in [-0.4, -0.2) is 37.4 Å². The van der Waals surface area contributed by atoms with Gasteiger partial charge in [0, 0.05) is 37.4 Å². The zero-order valence-electron chi connectivity index (χ0n) is 23.0. The minimum atomic E-state index is -0.833. The molecule has 6 heteroatoms. The number of pyridine rings is 1. The number of imidazole rings is 1. The van der Waals surface area contributed by atoms with Crippen molar-refractivity contribution in [2.45, 2.75) is 51.2 Å². The molecule has 2 fully saturated rings. The van der Waals surface area contributed by atoms with Crippen molar-refractivity contribution in [3.63, 3.8) is 0 Å². The molecule has 200 valence electrons. The zero-order chi connectivity index (χ0) is 26.7. The van der Waals surface area contributed by atoms with Crippen LogP contribution < -0.4 is 0 Å². The number of hydrogen-bond donors (Lipinski definition) is 1. The van der Waals surface area contributed by atoms with Gasteiger partial charge in [-0.05, 0) is 74.6 Å². The Labute approximate surface area is 229 Å². The lowest BCUT2D eigenvalue weighted by Gasteiger charge is -2.33. The third-order valence-electron chi connectivity index (χ3n) is 9.12. The van der Waals surface area contributed by atoms with Gasteiger partial charge in [-0.25, -0.2) is 4.98 Å². The Morgan fingerprint density at radius 3 is 2.44 bits per heavy atom. The van der Waals surface area contributed by atoms with Gasteiger partial charge in [-0.1, -0.05) is 42.5 Å². The molecule has 0 radical (unpaired) electrons. The molecule has 39 heavy (non-hydrogen) atoms. The van der Waals surface area contributed by atoms with Crippen molar-refractivity contribution < 1.29 is 9.84 Å². The number of ether oxygens (including phenoxy) is 1. The predicted molar refractivity (Wildman–Crippen MR) is 155 cm³/mol. The fourth-order valence-electron chi connectivity index (χ4n) is 6.80. The highest BCUT2D eigenvalue weighted by atomic mass is 16.5. The highest BCUT2D eigenvalue weighted by Gasteiger charge is 2.41. The summed E-state index contributed by atoms with van der Waals surface area (Å²) in [6.45, 7) is 5.60. The first-order valence-electron chi connectivity index (χ1n) is 14.2. The van der Waals surface area contributed by atoms with E-state index in [0.717, 1.165) is 83.3 Å². The summed E-state index contributed by atoms with van der Waals surface area (Å²) in [5, 5.41) is 12.7. The average molecular weight is 521 g/mol. The first-order valence-corrected chi connectivity index (χ1v) is 14.2. The van der Waals surface area contributed by atoms with Crippen molar-refractivity contribution in [1.82, 2.24) is 19.1 Å². The van der Waals surface area contributed by atoms with Crippen molar-refractivity contribution in [2.75, 3.05) is 13.2 Å². The maximum atomic E-state index is 11.5. The third-order valence-corrected chi connectivity index (χ3v) is 9.12. The zero-order valence-corrected chi connectivity index (χ0v) is 23.0. The van der Waals surface area contributed by atoms with E-state index in [4.69, 9.17) is 9.72 Å². The number of aliphatic hydroxyl groups is 1. The van der Waals surface area contributed by atoms with E-state index >= 15 is 0 Å². The Morgan fingerprint density at radius 2 is 1.74 bits per heavy atom. The summed E-state index contributed by atoms with van der Waals surface area (Å²) in [4.78, 5) is 9.62. The van der Waals surface area contributed by atoms with Crippen LogP contribution in [0, 0.1) is 18.8 Å². The van der Waals surface area contributed by atoms with Gasteiger partial charge in [-0.3, -0.25) is 4.98 Å². The topological polar surface area (TPSA) is 65.1 Å². The van der Waals surface area contributed by atoms with Gasteiger partial charge in [0.1, 0.15) is 0 Å². The van der Waals surface area contributed by atoms with Gasteiger partial charge >= 0.3 is 0 Å². The Kier molecular flexibility index (Phi) is 5.87. The minimum absolute atomic E-state index is 0.126. The van der Waals surface area contributed by atoms with Gasteiger partial charge in [0.15, 0.2) is 0 Å². The first-order chi connectivity index (χ1) is 18.9. The first kappa shape index (κ1) is 24.6. The van der Waals surface area contributed by atoms with Gasteiger partial charge < -0.3 is 19.0 Å². The van der Waals surface area contributed by atoms with Crippen LogP contribution in [0.1, 0.15) is 55.5 Å². The van der Waals surface area contributed by atoms with E-state index in [-0.39, 0.29) is 6.04 Å². The minimum Gasteiger partial charge on any atom is -0.385 e. The van der Waals surface area contributed by atoms with Crippen molar-refractivity contribution in [3.05, 3.63) is 83.9 Å². The number of aromatic nitrogens is 4. The second-order valence-corrected chi connectivity index (χ2v) is 11.7. The summed E-state index contributed by atoms with van der Waals surface area (Å²) in [6, 6.07) is 19.8. The molecule has 7 rings (SSSR count). The molecule has 2 atom stereocenters. The summed E-state index contributed by atoms with van der Waals surface area (Å²) in [5.74, 6) is 0.750. The van der Waals surface area contributed by atoms with E-state index in [1.54, 1.807) is 0 Å². The fraction of sp³-hybridized carbons (Fsp3) is 0.394. The van der Waals surface area contributed by atoms with E-state index in [0.29, 0.717) is 11.8 Å². The van der Waals surface area contributed by atoms with E-state index in [9.17, 15) is 5.11 Å². The van der Waals surface area contributed by atoms with Crippen LogP contribution >= 0.6 is 0 Å². The standard InChI is InChI=1S/C33H36N4O2/c1-21-31(36(3)20-35-21)24-17-29-30(34-19-24)27-12-11-26(33(2,38)25-9-10-25)18-28(27)37(29)32(22-7-5-4-6-8-22)23-13-15-39-16-14-23/h4-8,11-12,17-20,23,25,32,38H,9-10,13-16H2,1-3H3/t32-,33-/m1/s1. The number of benzene rings is 2. The molecule has 0 bridgehead atoms. The van der Waals surface area contributed by atoms with Crippen LogP contribution in [0.4, 0.5) is 0 Å². The molecule has 4 heterocycles. The quantitative estimate of drug-likeness (QED) is 0.276. The summed E-state index contributed by atoms with van der Waals surface area (Å²) in [7, 11) is 2.04. The molecule has 0 amide bonds. The third kappa shape index (κ3) is 4.09. The number of fused-ring (bicyclic) bond motifs is 3. The van der Waals surface area contributed by atoms with Gasteiger partial charge in [0.2, 0.25) is 0 Å². The van der Waals surface area contributed by atoms with Crippen molar-refractivity contribution >= 4 is 21.9 Å². The molecule has 0 spiro atoms. The SMILES string of the molecule is Cc1ncn(C)c1-c1cnc2c3ccc([C@](C)(O)C4CC4)cc3n([C@H](c3ccccc3)C3CCOCC3)c2c1. The highest BCUT2D eigenvalue weighted by molar-refractivity contribution is 6.07. The van der Waals surface area contributed by atoms with E-state index in [2.05, 4.69) is 75.6 Å². The molecule has 1 saturated heterocycles. The van der Waals surface area contributed by atoms with E-state index in [1.807, 2.05) is 26.5 Å². The molecule has 2 aliphatic rings. The lowest BCUT2D eigenvalue weighted by Crippen LogP contribution is -2.27. The van der Waals surface area contributed by atoms with Crippen LogP contribution in [0.5, 0.6) is 0 Å². The van der Waals surface area contributed by atoms with Crippen molar-refractivity contribution in [1.29, 1.82) is 0 Å². The molecule has 6 nitrogen and oxygen atoms in total. The summed E-state index contributed by atoms with van der Waals surface area (Å²) in [5.41, 5.74) is 7.84. The van der Waals surface area contributed by atoms with Crippen LogP contribution in [0.2, 0.25) is 0 Å².